The highest BCUT2D eigenvalue weighted by atomic mass is 35.5. The molecule has 2 aromatic heterocycles. The maximum Gasteiger partial charge on any atom is 0.306 e. The van der Waals surface area contributed by atoms with E-state index in [4.69, 9.17) is 11.6 Å². The van der Waals surface area contributed by atoms with Crippen molar-refractivity contribution < 1.29 is 14.7 Å². The number of rotatable bonds is 6. The smallest absolute Gasteiger partial charge is 0.306 e. The predicted octanol–water partition coefficient (Wildman–Crippen LogP) is 4.31. The van der Waals surface area contributed by atoms with E-state index in [2.05, 4.69) is 27.1 Å². The molecule has 0 unspecified atom stereocenters. The maximum absolute atomic E-state index is 13.3. The lowest BCUT2D eigenvalue weighted by Crippen LogP contribution is -2.34. The van der Waals surface area contributed by atoms with Gasteiger partial charge < -0.3 is 15.0 Å². The van der Waals surface area contributed by atoms with Crippen LogP contribution in [0.3, 0.4) is 0 Å². The van der Waals surface area contributed by atoms with E-state index in [-0.39, 0.29) is 28.4 Å². The molecule has 0 spiro atoms. The Bertz CT molecular complexity index is 1070. The van der Waals surface area contributed by atoms with Gasteiger partial charge in [-0.25, -0.2) is 4.98 Å². The summed E-state index contributed by atoms with van der Waals surface area (Å²) in [6.07, 6.45) is 4.60. The SMILES string of the molecule is Cc1ccc(Cn2c(Cl)nc(C#CC(C)(C)C)c2C(=O)NC[C@H]2CC[C@H](C(=O)O)CC2)cn1. The highest BCUT2D eigenvalue weighted by Crippen LogP contribution is 2.28. The summed E-state index contributed by atoms with van der Waals surface area (Å²) in [7, 11) is 0. The highest BCUT2D eigenvalue weighted by Gasteiger charge is 2.27. The number of aryl methyl sites for hydroxylation is 1. The number of hydrogen-bond acceptors (Lipinski definition) is 4. The van der Waals surface area contributed by atoms with Crippen LogP contribution in [0.1, 0.15) is 73.9 Å². The number of pyridine rings is 1. The maximum atomic E-state index is 13.3. The summed E-state index contributed by atoms with van der Waals surface area (Å²) < 4.78 is 1.66. The molecule has 1 aliphatic carbocycles. The molecule has 0 aliphatic heterocycles. The number of carbonyl (C=O) groups is 2. The van der Waals surface area contributed by atoms with Gasteiger partial charge in [0.25, 0.3) is 5.91 Å². The lowest BCUT2D eigenvalue weighted by atomic mass is 9.82. The fraction of sp³-hybridized carbons (Fsp3) is 0.520. The summed E-state index contributed by atoms with van der Waals surface area (Å²) >= 11 is 6.45. The number of carbonyl (C=O) groups excluding carboxylic acids is 1. The third kappa shape index (κ3) is 6.82. The molecule has 0 bridgehead atoms. The number of halogens is 1. The normalized spacial score (nSPS) is 18.3. The summed E-state index contributed by atoms with van der Waals surface area (Å²) in [5.74, 6) is 5.13. The van der Waals surface area contributed by atoms with Crippen molar-refractivity contribution in [3.63, 3.8) is 0 Å². The summed E-state index contributed by atoms with van der Waals surface area (Å²) in [6.45, 7) is 8.71. The fourth-order valence-electron chi connectivity index (χ4n) is 3.84. The standard InChI is InChI=1S/C25H31ClN4O3/c1-16-5-6-18(14-27-16)15-30-21(20(29-24(30)26)11-12-25(2,3)4)22(31)28-13-17-7-9-19(10-8-17)23(32)33/h5-6,14,17,19H,7-10,13,15H2,1-4H3,(H,28,31)(H,32,33)/t17-,19-. The Morgan fingerprint density at radius 3 is 2.52 bits per heavy atom. The van der Waals surface area contributed by atoms with Crippen molar-refractivity contribution in [2.75, 3.05) is 6.54 Å². The number of aromatic nitrogens is 3. The summed E-state index contributed by atoms with van der Waals surface area (Å²) in [5, 5.41) is 12.4. The van der Waals surface area contributed by atoms with Crippen LogP contribution in [-0.2, 0) is 11.3 Å². The molecule has 2 heterocycles. The van der Waals surface area contributed by atoms with Crippen molar-refractivity contribution in [1.29, 1.82) is 0 Å². The highest BCUT2D eigenvalue weighted by molar-refractivity contribution is 6.29. The molecule has 0 atom stereocenters. The Labute approximate surface area is 200 Å². The first kappa shape index (κ1) is 24.8. The molecule has 1 amide bonds. The van der Waals surface area contributed by atoms with Gasteiger partial charge >= 0.3 is 5.97 Å². The number of carboxylic acids is 1. The molecule has 1 saturated carbocycles. The Morgan fingerprint density at radius 2 is 1.94 bits per heavy atom. The largest absolute Gasteiger partial charge is 0.481 e. The molecule has 8 heteroatoms. The van der Waals surface area contributed by atoms with Crippen molar-refractivity contribution in [3.05, 3.63) is 46.3 Å². The molecule has 1 fully saturated rings. The minimum absolute atomic E-state index is 0.195. The number of hydrogen-bond donors (Lipinski definition) is 2. The van der Waals surface area contributed by atoms with Crippen molar-refractivity contribution in [1.82, 2.24) is 19.9 Å². The van der Waals surface area contributed by atoms with Crippen LogP contribution in [0.4, 0.5) is 0 Å². The molecule has 2 N–H and O–H groups in total. The lowest BCUT2D eigenvalue weighted by molar-refractivity contribution is -0.143. The van der Waals surface area contributed by atoms with Gasteiger partial charge in [0.2, 0.25) is 5.28 Å². The van der Waals surface area contributed by atoms with Gasteiger partial charge in [-0.3, -0.25) is 14.6 Å². The van der Waals surface area contributed by atoms with Crippen LogP contribution >= 0.6 is 11.6 Å². The topological polar surface area (TPSA) is 97.1 Å². The summed E-state index contributed by atoms with van der Waals surface area (Å²) in [6, 6.07) is 3.86. The van der Waals surface area contributed by atoms with E-state index in [9.17, 15) is 14.7 Å². The van der Waals surface area contributed by atoms with Crippen molar-refractivity contribution in [2.45, 2.75) is 59.9 Å². The third-order valence-corrected chi connectivity index (χ3v) is 6.04. The second-order valence-electron chi connectivity index (χ2n) is 9.74. The summed E-state index contributed by atoms with van der Waals surface area (Å²) in [5.41, 5.74) is 2.23. The third-order valence-electron chi connectivity index (χ3n) is 5.75. The average molecular weight is 471 g/mol. The molecular weight excluding hydrogens is 440 g/mol. The molecular formula is C25H31ClN4O3. The van der Waals surface area contributed by atoms with Crippen LogP contribution in [-0.4, -0.2) is 38.1 Å². The molecule has 7 nitrogen and oxygen atoms in total. The Morgan fingerprint density at radius 1 is 1.24 bits per heavy atom. The summed E-state index contributed by atoms with van der Waals surface area (Å²) in [4.78, 5) is 33.2. The number of aliphatic carboxylic acids is 1. The number of nitrogens with one attached hydrogen (secondary N) is 1. The van der Waals surface area contributed by atoms with E-state index >= 15 is 0 Å². The second kappa shape index (κ2) is 10.4. The van der Waals surface area contributed by atoms with Crippen LogP contribution in [0.2, 0.25) is 5.28 Å². The first-order valence-electron chi connectivity index (χ1n) is 11.2. The molecule has 176 valence electrons. The Kier molecular flexibility index (Phi) is 7.80. The zero-order valence-electron chi connectivity index (χ0n) is 19.6. The van der Waals surface area contributed by atoms with Crippen LogP contribution in [0.5, 0.6) is 0 Å². The minimum Gasteiger partial charge on any atom is -0.481 e. The van der Waals surface area contributed by atoms with Crippen LogP contribution in [0.25, 0.3) is 0 Å². The van der Waals surface area contributed by atoms with E-state index in [1.807, 2.05) is 39.8 Å². The van der Waals surface area contributed by atoms with Gasteiger partial charge in [-0.15, -0.1) is 0 Å². The molecule has 2 aromatic rings. The molecule has 0 radical (unpaired) electrons. The van der Waals surface area contributed by atoms with E-state index in [1.165, 1.54) is 0 Å². The Balaban J connectivity index is 1.82. The quantitative estimate of drug-likeness (QED) is 0.613. The fourth-order valence-corrected chi connectivity index (χ4v) is 4.07. The van der Waals surface area contributed by atoms with Crippen LogP contribution in [0, 0.1) is 36.0 Å². The van der Waals surface area contributed by atoms with Crippen LogP contribution < -0.4 is 5.32 Å². The van der Waals surface area contributed by atoms with Gasteiger partial charge in [0.05, 0.1) is 12.5 Å². The monoisotopic (exact) mass is 470 g/mol. The number of carboxylic acid groups (broad SMARTS) is 1. The van der Waals surface area contributed by atoms with E-state index < -0.39 is 5.97 Å². The Hall–Kier alpha value is -2.85. The van der Waals surface area contributed by atoms with Gasteiger partial charge in [-0.2, -0.15) is 0 Å². The van der Waals surface area contributed by atoms with E-state index in [1.54, 1.807) is 10.8 Å². The van der Waals surface area contributed by atoms with Crippen molar-refractivity contribution in [3.8, 4) is 11.8 Å². The van der Waals surface area contributed by atoms with Crippen LogP contribution in [0.15, 0.2) is 18.3 Å². The zero-order chi connectivity index (χ0) is 24.2. The van der Waals surface area contributed by atoms with Gasteiger partial charge in [0.15, 0.2) is 0 Å². The molecule has 3 rings (SSSR count). The average Bonchev–Trinajstić information content (AvgIpc) is 3.07. The van der Waals surface area contributed by atoms with Gasteiger partial charge in [0, 0.05) is 23.9 Å². The number of amides is 1. The van der Waals surface area contributed by atoms with Crippen molar-refractivity contribution in [2.24, 2.45) is 17.3 Å². The molecule has 0 saturated heterocycles. The zero-order valence-corrected chi connectivity index (χ0v) is 20.4. The molecule has 33 heavy (non-hydrogen) atoms. The van der Waals surface area contributed by atoms with Gasteiger partial charge in [-0.1, -0.05) is 12.0 Å². The lowest BCUT2D eigenvalue weighted by Gasteiger charge is -2.26. The van der Waals surface area contributed by atoms with E-state index in [0.717, 1.165) is 24.1 Å². The van der Waals surface area contributed by atoms with E-state index in [0.29, 0.717) is 37.3 Å². The number of nitrogens with zero attached hydrogens (tertiary/aromatic N) is 3. The number of imidazole rings is 1. The second-order valence-corrected chi connectivity index (χ2v) is 10.1. The van der Waals surface area contributed by atoms with Gasteiger partial charge in [-0.05, 0) is 88.4 Å². The van der Waals surface area contributed by atoms with Crippen molar-refractivity contribution >= 4 is 23.5 Å². The minimum atomic E-state index is -0.733. The van der Waals surface area contributed by atoms with Gasteiger partial charge in [0.1, 0.15) is 11.4 Å². The first-order chi connectivity index (χ1) is 15.5. The predicted molar refractivity (Wildman–Crippen MR) is 127 cm³/mol. The first-order valence-corrected chi connectivity index (χ1v) is 11.6. The molecule has 0 aromatic carbocycles. The molecule has 1 aliphatic rings.